The van der Waals surface area contributed by atoms with Gasteiger partial charge in [0.25, 0.3) is 0 Å². The second-order valence-corrected chi connectivity index (χ2v) is 3.64. The first kappa shape index (κ1) is 12.4. The van der Waals surface area contributed by atoms with Crippen molar-refractivity contribution >= 4 is 0 Å². The standard InChI is InChI=1S/HIO4.H2O.2O.V/c2-1(3,4)5;;;;/h2H;1H2;;;/q;;;;+1/p-1. The van der Waals surface area contributed by atoms with Gasteiger partial charge in [-0.05, 0) is 0 Å². The summed E-state index contributed by atoms with van der Waals surface area (Å²) in [4.78, 5) is 0. The fraction of sp³-hybridized carbons (Fsp3) is 0. The first-order valence-corrected chi connectivity index (χ1v) is 6.57. The van der Waals surface area contributed by atoms with Crippen molar-refractivity contribution in [2.45, 2.75) is 0 Å². The van der Waals surface area contributed by atoms with E-state index in [0.29, 0.717) is 0 Å². The van der Waals surface area contributed by atoms with Crippen LogP contribution < -0.4 is 30.4 Å². The summed E-state index contributed by atoms with van der Waals surface area (Å²) in [5.74, 6) is 0. The van der Waals surface area contributed by atoms with Crippen molar-refractivity contribution in [1.82, 2.24) is 0 Å². The summed E-state index contributed by atoms with van der Waals surface area (Å²) >= 11 is -9.38. The Morgan fingerprint density at radius 2 is 1.22 bits per heavy atom. The van der Waals surface area contributed by atoms with Gasteiger partial charge >= 0.3 is 46.9 Å². The van der Waals surface area contributed by atoms with Gasteiger partial charge in [0.2, 0.25) is 0 Å². The van der Waals surface area contributed by atoms with Gasteiger partial charge in [-0.2, -0.15) is 0 Å². The third kappa shape index (κ3) is 770. The summed E-state index contributed by atoms with van der Waals surface area (Å²) in [6, 6.07) is 0. The third-order valence-electron chi connectivity index (χ3n) is 0. The Morgan fingerprint density at radius 1 is 1.22 bits per heavy atom. The van der Waals surface area contributed by atoms with Crippen LogP contribution in [0.2, 0.25) is 0 Å². The van der Waals surface area contributed by atoms with E-state index in [-0.39, 0.29) is 0 Å². The predicted octanol–water partition coefficient (Wildman–Crippen LogP) is -7.92. The number of hydrogen-bond acceptors (Lipinski definition) is 6. The van der Waals surface area contributed by atoms with E-state index in [2.05, 4.69) is 0 Å². The normalized spacial score (nSPS) is 9.44. The fourth-order valence-electron chi connectivity index (χ4n) is 0. The molecule has 0 spiro atoms. The summed E-state index contributed by atoms with van der Waals surface area (Å²) in [6.07, 6.45) is 0. The van der Waals surface area contributed by atoms with Crippen molar-refractivity contribution in [2.75, 3.05) is 0 Å². The molecule has 9 heteroatoms. The molecule has 56 valence electrons. The van der Waals surface area contributed by atoms with E-state index in [1.54, 1.807) is 0 Å². The maximum atomic E-state index is 8.73. The van der Waals surface area contributed by atoms with Crippen molar-refractivity contribution in [3.05, 3.63) is 0 Å². The van der Waals surface area contributed by atoms with Crippen molar-refractivity contribution in [2.24, 2.45) is 0 Å². The van der Waals surface area contributed by atoms with Crippen LogP contribution in [-0.4, -0.2) is 7.47 Å². The second kappa shape index (κ2) is 5.50. The fourth-order valence-corrected chi connectivity index (χ4v) is 0. The van der Waals surface area contributed by atoms with Crippen molar-refractivity contribution < 1.29 is 60.6 Å². The Bertz CT molecular complexity index is 103. The Morgan fingerprint density at radius 3 is 1.22 bits per heavy atom. The molecule has 0 unspecified atom stereocenters. The summed E-state index contributed by atoms with van der Waals surface area (Å²) in [7, 11) is 0. The van der Waals surface area contributed by atoms with Crippen LogP contribution in [0, 0.1) is 0 Å². The van der Waals surface area contributed by atoms with Gasteiger partial charge in [0, 0.05) is 3.44 Å². The average molecular weight is 292 g/mol. The molecular weight excluding hydrogens is 290 g/mol. The molecule has 0 fully saturated rings. The Hall–Kier alpha value is 0.714. The number of halogens is 1. The van der Waals surface area contributed by atoms with E-state index < -0.39 is 35.5 Å². The Labute approximate surface area is 60.6 Å². The SMILES string of the molecule is [O-][I+3]([O-])([O-])O.[O]=[V](=[O])[OH]. The molecule has 0 bridgehead atoms. The molecule has 0 aromatic carbocycles. The summed E-state index contributed by atoms with van der Waals surface area (Å²) < 4.78 is 57.7. The van der Waals surface area contributed by atoms with E-state index in [9.17, 15) is 0 Å². The molecule has 0 rings (SSSR count). The summed E-state index contributed by atoms with van der Waals surface area (Å²) in [6.45, 7) is 0. The molecule has 0 amide bonds. The first-order chi connectivity index (χ1) is 3.73. The van der Waals surface area contributed by atoms with Gasteiger partial charge in [0.15, 0.2) is 0 Å². The molecule has 0 heterocycles. The van der Waals surface area contributed by atoms with Crippen molar-refractivity contribution in [1.29, 1.82) is 0 Å². The monoisotopic (exact) mass is 292 g/mol. The van der Waals surface area contributed by atoms with Crippen LogP contribution in [0.5, 0.6) is 0 Å². The number of rotatable bonds is 0. The minimum absolute atomic E-state index is 3.69. The van der Waals surface area contributed by atoms with E-state index in [0.717, 1.165) is 0 Å². The van der Waals surface area contributed by atoms with Crippen LogP contribution in [0.1, 0.15) is 0 Å². The summed E-state index contributed by atoms with van der Waals surface area (Å²) in [5, 5.41) is 0. The quantitative estimate of drug-likeness (QED) is 0.422. The Balaban J connectivity index is 0. The Kier molecular flexibility index (Phi) is 7.57. The molecule has 0 saturated heterocycles. The predicted molar refractivity (Wildman–Crippen MR) is 5.81 cm³/mol. The molecular formula is H2IO7V. The molecule has 2 N–H and O–H groups in total. The van der Waals surface area contributed by atoms with Crippen molar-refractivity contribution in [3.63, 3.8) is 0 Å². The maximum absolute atomic E-state index is 8.73. The zero-order chi connectivity index (χ0) is 8.08. The third-order valence-corrected chi connectivity index (χ3v) is 0. The molecule has 0 aliphatic heterocycles. The molecule has 7 nitrogen and oxygen atoms in total. The molecule has 0 saturated carbocycles. The molecule has 9 heavy (non-hydrogen) atoms. The van der Waals surface area contributed by atoms with Gasteiger partial charge < -0.3 is 0 Å². The van der Waals surface area contributed by atoms with Crippen LogP contribution in [0.3, 0.4) is 0 Å². The average Bonchev–Trinajstić information content (AvgIpc) is 1.19. The van der Waals surface area contributed by atoms with Crippen molar-refractivity contribution in [3.8, 4) is 0 Å². The second-order valence-electron chi connectivity index (χ2n) is 0.634. The zero-order valence-electron chi connectivity index (χ0n) is 3.76. The number of hydrogen-bond donors (Lipinski definition) is 2. The van der Waals surface area contributed by atoms with Gasteiger partial charge in [-0.25, -0.2) is 0 Å². The van der Waals surface area contributed by atoms with Gasteiger partial charge in [-0.3, -0.25) is 10.3 Å². The zero-order valence-corrected chi connectivity index (χ0v) is 7.32. The molecule has 0 aromatic heterocycles. The van der Waals surface area contributed by atoms with Gasteiger partial charge in [0.1, 0.15) is 0 Å². The van der Waals surface area contributed by atoms with Gasteiger partial charge in [-0.15, -0.1) is 0 Å². The van der Waals surface area contributed by atoms with Crippen LogP contribution in [-0.2, 0) is 22.7 Å². The van der Waals surface area contributed by atoms with E-state index >= 15 is 0 Å². The van der Waals surface area contributed by atoms with E-state index in [1.807, 2.05) is 0 Å². The molecule has 0 radical (unpaired) electrons. The van der Waals surface area contributed by atoms with Crippen LogP contribution in [0.15, 0.2) is 0 Å². The van der Waals surface area contributed by atoms with Gasteiger partial charge in [0.05, 0.1) is 0 Å². The van der Waals surface area contributed by atoms with Crippen LogP contribution in [0.4, 0.5) is 0 Å². The first-order valence-electron chi connectivity index (χ1n) is 1.20. The molecule has 0 aromatic rings. The van der Waals surface area contributed by atoms with Gasteiger partial charge in [-0.1, -0.05) is 0 Å². The van der Waals surface area contributed by atoms with Crippen LogP contribution >= 0.6 is 0 Å². The molecule has 0 aliphatic carbocycles. The topological polar surface area (TPSA) is 144 Å². The summed E-state index contributed by atoms with van der Waals surface area (Å²) in [5.41, 5.74) is 0. The van der Waals surface area contributed by atoms with E-state index in [1.165, 1.54) is 0 Å². The molecule has 0 atom stereocenters. The van der Waals surface area contributed by atoms with Crippen LogP contribution in [0.25, 0.3) is 0 Å². The van der Waals surface area contributed by atoms with E-state index in [4.69, 9.17) is 25.1 Å². The molecule has 0 aliphatic rings. The minimum atomic E-state index is -5.69.